The maximum atomic E-state index is 11.0. The smallest absolute Gasteiger partial charge is 0.328 e. The molecule has 0 aliphatic carbocycles. The molecule has 20 heavy (non-hydrogen) atoms. The fourth-order valence-electron chi connectivity index (χ4n) is 1.78. The summed E-state index contributed by atoms with van der Waals surface area (Å²) < 4.78 is 5.04. The van der Waals surface area contributed by atoms with E-state index in [1.165, 1.54) is 6.92 Å². The molecule has 1 amide bonds. The van der Waals surface area contributed by atoms with E-state index in [2.05, 4.69) is 10.6 Å². The van der Waals surface area contributed by atoms with Crippen molar-refractivity contribution in [1.29, 1.82) is 0 Å². The van der Waals surface area contributed by atoms with Gasteiger partial charge in [0.1, 0.15) is 6.04 Å². The monoisotopic (exact) mass is 280 g/mol. The molecule has 0 heterocycles. The van der Waals surface area contributed by atoms with Gasteiger partial charge in [0.25, 0.3) is 0 Å². The van der Waals surface area contributed by atoms with Crippen molar-refractivity contribution in [2.45, 2.75) is 19.4 Å². The molecule has 1 atom stereocenters. The summed E-state index contributed by atoms with van der Waals surface area (Å²) in [5.74, 6) is -1.44. The molecule has 0 bridgehead atoms. The number of para-hydroxylation sites is 1. The number of nitrogens with one attached hydrogen (secondary N) is 2. The minimum atomic E-state index is -1.07. The Morgan fingerprint density at radius 2 is 2.05 bits per heavy atom. The van der Waals surface area contributed by atoms with Crippen LogP contribution in [-0.4, -0.2) is 43.3 Å². The lowest BCUT2D eigenvalue weighted by atomic mass is 10.1. The van der Waals surface area contributed by atoms with Gasteiger partial charge in [-0.25, -0.2) is 4.79 Å². The van der Waals surface area contributed by atoms with Crippen LogP contribution in [0.15, 0.2) is 24.3 Å². The first-order chi connectivity index (χ1) is 9.54. The number of methoxy groups -OCH3 is 1. The fourth-order valence-corrected chi connectivity index (χ4v) is 1.78. The molecule has 0 aliphatic heterocycles. The van der Waals surface area contributed by atoms with E-state index in [4.69, 9.17) is 9.84 Å². The molecule has 0 aromatic heterocycles. The van der Waals surface area contributed by atoms with Crippen molar-refractivity contribution in [3.05, 3.63) is 29.8 Å². The van der Waals surface area contributed by atoms with E-state index in [1.54, 1.807) is 7.11 Å². The Morgan fingerprint density at radius 1 is 1.35 bits per heavy atom. The highest BCUT2D eigenvalue weighted by Crippen LogP contribution is 2.15. The zero-order valence-electron chi connectivity index (χ0n) is 11.7. The molecule has 1 unspecified atom stereocenters. The van der Waals surface area contributed by atoms with E-state index in [1.807, 2.05) is 24.3 Å². The van der Waals surface area contributed by atoms with Gasteiger partial charge in [-0.05, 0) is 18.1 Å². The first-order valence-corrected chi connectivity index (χ1v) is 6.35. The van der Waals surface area contributed by atoms with Crippen LogP contribution in [0.2, 0.25) is 0 Å². The van der Waals surface area contributed by atoms with Crippen LogP contribution >= 0.6 is 0 Å². The van der Waals surface area contributed by atoms with Crippen LogP contribution in [-0.2, 0) is 20.7 Å². The fraction of sp³-hybridized carbons (Fsp3) is 0.429. The Bertz CT molecular complexity index is 462. The second kappa shape index (κ2) is 8.16. The van der Waals surface area contributed by atoms with Crippen molar-refractivity contribution >= 4 is 17.6 Å². The number of hydrogen-bond acceptors (Lipinski definition) is 4. The van der Waals surface area contributed by atoms with E-state index in [-0.39, 0.29) is 12.5 Å². The second-order valence-corrected chi connectivity index (χ2v) is 4.37. The molecule has 0 saturated carbocycles. The average molecular weight is 280 g/mol. The van der Waals surface area contributed by atoms with E-state index < -0.39 is 12.0 Å². The summed E-state index contributed by atoms with van der Waals surface area (Å²) in [6.07, 6.45) is 0.734. The van der Waals surface area contributed by atoms with E-state index in [0.717, 1.165) is 17.7 Å². The molecular weight excluding hydrogens is 260 g/mol. The van der Waals surface area contributed by atoms with Gasteiger partial charge in [0.2, 0.25) is 5.91 Å². The lowest BCUT2D eigenvalue weighted by molar-refractivity contribution is -0.141. The third kappa shape index (κ3) is 5.27. The Morgan fingerprint density at radius 3 is 2.65 bits per heavy atom. The Balaban J connectivity index is 2.67. The van der Waals surface area contributed by atoms with E-state index >= 15 is 0 Å². The van der Waals surface area contributed by atoms with Gasteiger partial charge in [-0.2, -0.15) is 0 Å². The number of aliphatic carboxylic acids is 1. The lowest BCUT2D eigenvalue weighted by Crippen LogP contribution is -2.44. The first kappa shape index (κ1) is 16.0. The van der Waals surface area contributed by atoms with Crippen molar-refractivity contribution in [3.63, 3.8) is 0 Å². The highest BCUT2D eigenvalue weighted by Gasteiger charge is 2.18. The predicted molar refractivity (Wildman–Crippen MR) is 75.8 cm³/mol. The van der Waals surface area contributed by atoms with Gasteiger partial charge < -0.3 is 20.5 Å². The first-order valence-electron chi connectivity index (χ1n) is 6.35. The number of carboxylic acid groups (broad SMARTS) is 1. The normalized spacial score (nSPS) is 11.7. The van der Waals surface area contributed by atoms with Crippen molar-refractivity contribution in [2.75, 3.05) is 25.6 Å². The number of benzene rings is 1. The van der Waals surface area contributed by atoms with Crippen molar-refractivity contribution in [2.24, 2.45) is 0 Å². The highest BCUT2D eigenvalue weighted by molar-refractivity contribution is 5.82. The number of amides is 1. The maximum Gasteiger partial charge on any atom is 0.328 e. The molecular formula is C14H20N2O4. The van der Waals surface area contributed by atoms with Crippen LogP contribution in [0, 0.1) is 0 Å². The molecule has 1 aromatic carbocycles. The molecule has 6 heteroatoms. The van der Waals surface area contributed by atoms with Crippen LogP contribution in [0.4, 0.5) is 5.69 Å². The minimum absolute atomic E-state index is 0.124. The van der Waals surface area contributed by atoms with Crippen LogP contribution < -0.4 is 10.6 Å². The van der Waals surface area contributed by atoms with Gasteiger partial charge in [0.15, 0.2) is 0 Å². The van der Waals surface area contributed by atoms with Gasteiger partial charge in [-0.1, -0.05) is 18.2 Å². The summed E-state index contributed by atoms with van der Waals surface area (Å²) in [4.78, 5) is 22.0. The largest absolute Gasteiger partial charge is 0.480 e. The molecule has 6 nitrogen and oxygen atoms in total. The molecule has 1 rings (SSSR count). The third-order valence-corrected chi connectivity index (χ3v) is 2.77. The van der Waals surface area contributed by atoms with Crippen LogP contribution in [0.5, 0.6) is 0 Å². The second-order valence-electron chi connectivity index (χ2n) is 4.37. The molecule has 0 fully saturated rings. The van der Waals surface area contributed by atoms with Crippen molar-refractivity contribution in [3.8, 4) is 0 Å². The molecule has 110 valence electrons. The summed E-state index contributed by atoms with van der Waals surface area (Å²) in [7, 11) is 1.63. The molecule has 0 aliphatic rings. The molecule has 0 radical (unpaired) electrons. The Kier molecular flexibility index (Phi) is 6.52. The number of carbonyl (C=O) groups excluding carboxylic acids is 1. The minimum Gasteiger partial charge on any atom is -0.480 e. The SMILES string of the molecule is COCCc1ccccc1NCC(NC(C)=O)C(=O)O. The van der Waals surface area contributed by atoms with Gasteiger partial charge in [0, 0.05) is 26.3 Å². The number of anilines is 1. The zero-order chi connectivity index (χ0) is 15.0. The number of carboxylic acids is 1. The topological polar surface area (TPSA) is 87.7 Å². The standard InChI is InChI=1S/C14H20N2O4/c1-10(17)16-13(14(18)19)9-15-12-6-4-3-5-11(12)7-8-20-2/h3-6,13,15H,7-9H2,1-2H3,(H,16,17)(H,18,19). The number of ether oxygens (including phenoxy) is 1. The van der Waals surface area contributed by atoms with Crippen LogP contribution in [0.25, 0.3) is 0 Å². The van der Waals surface area contributed by atoms with Gasteiger partial charge in [0.05, 0.1) is 6.61 Å². The summed E-state index contributed by atoms with van der Waals surface area (Å²) in [6.45, 7) is 2.01. The van der Waals surface area contributed by atoms with Crippen LogP contribution in [0.1, 0.15) is 12.5 Å². The van der Waals surface area contributed by atoms with E-state index in [9.17, 15) is 9.59 Å². The molecule has 0 saturated heterocycles. The molecule has 1 aromatic rings. The third-order valence-electron chi connectivity index (χ3n) is 2.77. The van der Waals surface area contributed by atoms with Crippen molar-refractivity contribution in [1.82, 2.24) is 5.32 Å². The summed E-state index contributed by atoms with van der Waals surface area (Å²) in [5.41, 5.74) is 1.89. The zero-order valence-corrected chi connectivity index (χ0v) is 11.7. The highest BCUT2D eigenvalue weighted by atomic mass is 16.5. The van der Waals surface area contributed by atoms with E-state index in [0.29, 0.717) is 6.61 Å². The molecule has 3 N–H and O–H groups in total. The summed E-state index contributed by atoms with van der Waals surface area (Å²) in [6, 6.07) is 6.65. The average Bonchev–Trinajstić information content (AvgIpc) is 2.41. The number of rotatable bonds is 8. The Labute approximate surface area is 118 Å². The Hall–Kier alpha value is -2.08. The van der Waals surface area contributed by atoms with Crippen molar-refractivity contribution < 1.29 is 19.4 Å². The summed E-state index contributed by atoms with van der Waals surface area (Å²) >= 11 is 0. The van der Waals surface area contributed by atoms with Gasteiger partial charge in [-0.3, -0.25) is 4.79 Å². The summed E-state index contributed by atoms with van der Waals surface area (Å²) in [5, 5.41) is 14.5. The van der Waals surface area contributed by atoms with Gasteiger partial charge >= 0.3 is 5.97 Å². The van der Waals surface area contributed by atoms with Crippen LogP contribution in [0.3, 0.4) is 0 Å². The van der Waals surface area contributed by atoms with Gasteiger partial charge in [-0.15, -0.1) is 0 Å². The molecule has 0 spiro atoms. The lowest BCUT2D eigenvalue weighted by Gasteiger charge is -2.17. The predicted octanol–water partition coefficient (Wildman–Crippen LogP) is 0.877. The number of hydrogen-bond donors (Lipinski definition) is 3. The maximum absolute atomic E-state index is 11.0. The number of carbonyl (C=O) groups is 2. The quantitative estimate of drug-likeness (QED) is 0.658.